The van der Waals surface area contributed by atoms with E-state index in [0.717, 1.165) is 56.9 Å². The van der Waals surface area contributed by atoms with Gasteiger partial charge in [-0.2, -0.15) is 0 Å². The first-order chi connectivity index (χ1) is 29.7. The highest BCUT2D eigenvalue weighted by molar-refractivity contribution is 6.11. The third kappa shape index (κ3) is 4.54. The minimum Gasteiger partial charge on any atom is -0.456 e. The molecule has 2 heterocycles. The van der Waals surface area contributed by atoms with E-state index >= 15 is 0 Å². The molecule has 2 aromatic heterocycles. The summed E-state index contributed by atoms with van der Waals surface area (Å²) in [6, 6.07) is 65.9. The summed E-state index contributed by atoms with van der Waals surface area (Å²) in [6.07, 6.45) is 7.14. The van der Waals surface area contributed by atoms with E-state index in [0.29, 0.717) is 0 Å². The Hall–Kier alpha value is -6.64. The molecule has 4 bridgehead atoms. The van der Waals surface area contributed by atoms with Crippen molar-refractivity contribution in [1.82, 2.24) is 4.57 Å². The summed E-state index contributed by atoms with van der Waals surface area (Å²) in [5.74, 6) is 3.45. The Morgan fingerprint density at radius 3 is 1.70 bits per heavy atom. The average Bonchev–Trinajstić information content (AvgIpc) is 3.94. The second-order valence-corrected chi connectivity index (χ2v) is 18.5. The molecule has 8 aromatic carbocycles. The highest BCUT2D eigenvalue weighted by Gasteiger charge is 2.61. The maximum absolute atomic E-state index is 6.28. The number of benzene rings is 8. The van der Waals surface area contributed by atoms with Crippen LogP contribution in [0.3, 0.4) is 0 Å². The normalized spacial score (nSPS) is 22.4. The second-order valence-electron chi connectivity index (χ2n) is 18.5. The third-order valence-corrected chi connectivity index (χ3v) is 15.6. The van der Waals surface area contributed by atoms with Gasteiger partial charge >= 0.3 is 0 Å². The van der Waals surface area contributed by atoms with Crippen LogP contribution in [0.1, 0.15) is 43.2 Å². The van der Waals surface area contributed by atoms with Crippen LogP contribution in [0.4, 0.5) is 0 Å². The molecule has 0 amide bonds. The summed E-state index contributed by atoms with van der Waals surface area (Å²) in [5.41, 5.74) is 19.3. The predicted molar refractivity (Wildman–Crippen MR) is 248 cm³/mol. The van der Waals surface area contributed by atoms with Crippen LogP contribution in [0.15, 0.2) is 180 Å². The summed E-state index contributed by atoms with van der Waals surface area (Å²) < 4.78 is 8.70. The first-order valence-corrected chi connectivity index (χ1v) is 22.1. The van der Waals surface area contributed by atoms with Gasteiger partial charge in [-0.05, 0) is 160 Å². The van der Waals surface area contributed by atoms with Gasteiger partial charge in [0, 0.05) is 32.6 Å². The fourth-order valence-electron chi connectivity index (χ4n) is 13.3. The highest BCUT2D eigenvalue weighted by atomic mass is 16.3. The molecule has 286 valence electrons. The number of furan rings is 1. The van der Waals surface area contributed by atoms with Gasteiger partial charge in [0.1, 0.15) is 11.2 Å². The smallest absolute Gasteiger partial charge is 0.136 e. The zero-order valence-corrected chi connectivity index (χ0v) is 33.4. The first kappa shape index (κ1) is 33.2. The lowest BCUT2D eigenvalue weighted by molar-refractivity contribution is -0.0399. The Kier molecular flexibility index (Phi) is 6.76. The van der Waals surface area contributed by atoms with E-state index in [1.807, 2.05) is 12.1 Å². The van der Waals surface area contributed by atoms with Crippen LogP contribution in [0, 0.1) is 23.7 Å². The Bertz CT molecular complexity index is 3350. The minimum absolute atomic E-state index is 0.193. The standard InChI is InChI=1S/C58H43NO/c1-4-10-52-46(7-1)47-24-19-40(32-53(47)58(52)43-28-35-27-36(30-43)31-44(58)29-35)39-15-13-37(14-16-39)38-17-22-45(23-18-38)59-54-11-5-2-8-48(54)49-25-20-41(33-55(49)59)42-21-26-51-50-9-3-6-12-56(50)60-57(51)34-42/h1-26,32-36,43-44H,27-31H2. The molecular formula is C58H43NO. The van der Waals surface area contributed by atoms with E-state index < -0.39 is 0 Å². The van der Waals surface area contributed by atoms with E-state index in [-0.39, 0.29) is 5.41 Å². The molecule has 0 atom stereocenters. The lowest BCUT2D eigenvalue weighted by Crippen LogP contribution is -2.55. The summed E-state index contributed by atoms with van der Waals surface area (Å²) in [4.78, 5) is 0. The van der Waals surface area contributed by atoms with Crippen molar-refractivity contribution in [3.05, 3.63) is 187 Å². The molecule has 5 aliphatic carbocycles. The van der Waals surface area contributed by atoms with Crippen molar-refractivity contribution in [2.75, 3.05) is 0 Å². The van der Waals surface area contributed by atoms with Crippen molar-refractivity contribution in [2.24, 2.45) is 23.7 Å². The number of aromatic nitrogens is 1. The molecule has 0 radical (unpaired) electrons. The number of nitrogens with zero attached hydrogens (tertiary/aromatic N) is 1. The zero-order valence-electron chi connectivity index (χ0n) is 33.4. The lowest BCUT2D eigenvalue weighted by Gasteiger charge is -2.61. The van der Waals surface area contributed by atoms with Crippen molar-refractivity contribution in [3.8, 4) is 50.2 Å². The Morgan fingerprint density at radius 2 is 0.917 bits per heavy atom. The van der Waals surface area contributed by atoms with Gasteiger partial charge in [-0.1, -0.05) is 127 Å². The van der Waals surface area contributed by atoms with Gasteiger partial charge in [0.05, 0.1) is 11.0 Å². The maximum Gasteiger partial charge on any atom is 0.136 e. The quantitative estimate of drug-likeness (QED) is 0.174. The molecule has 0 saturated heterocycles. The van der Waals surface area contributed by atoms with Crippen LogP contribution in [-0.2, 0) is 5.41 Å². The Balaban J connectivity index is 0.804. The van der Waals surface area contributed by atoms with Crippen molar-refractivity contribution in [2.45, 2.75) is 37.5 Å². The molecule has 0 aliphatic heterocycles. The molecular weight excluding hydrogens is 727 g/mol. The van der Waals surface area contributed by atoms with Crippen molar-refractivity contribution >= 4 is 43.7 Å². The van der Waals surface area contributed by atoms with Crippen molar-refractivity contribution in [3.63, 3.8) is 0 Å². The van der Waals surface area contributed by atoms with Crippen LogP contribution in [-0.4, -0.2) is 4.57 Å². The second kappa shape index (κ2) is 12.2. The average molecular weight is 770 g/mol. The van der Waals surface area contributed by atoms with E-state index in [1.54, 1.807) is 11.1 Å². The monoisotopic (exact) mass is 769 g/mol. The van der Waals surface area contributed by atoms with Crippen LogP contribution in [0.25, 0.3) is 93.9 Å². The van der Waals surface area contributed by atoms with Crippen LogP contribution in [0.2, 0.25) is 0 Å². The van der Waals surface area contributed by atoms with E-state index in [4.69, 9.17) is 4.42 Å². The molecule has 0 N–H and O–H groups in total. The summed E-state index contributed by atoms with van der Waals surface area (Å²) >= 11 is 0. The third-order valence-electron chi connectivity index (χ3n) is 15.6. The van der Waals surface area contributed by atoms with E-state index in [9.17, 15) is 0 Å². The molecule has 2 heteroatoms. The van der Waals surface area contributed by atoms with Crippen LogP contribution < -0.4 is 0 Å². The number of hydrogen-bond donors (Lipinski definition) is 0. The maximum atomic E-state index is 6.28. The zero-order chi connectivity index (χ0) is 39.1. The van der Waals surface area contributed by atoms with E-state index in [1.165, 1.54) is 92.9 Å². The number of rotatable bonds is 4. The topological polar surface area (TPSA) is 18.1 Å². The molecule has 15 rings (SSSR count). The first-order valence-electron chi connectivity index (χ1n) is 22.1. The van der Waals surface area contributed by atoms with Gasteiger partial charge in [-0.25, -0.2) is 0 Å². The minimum atomic E-state index is 0.193. The lowest BCUT2D eigenvalue weighted by atomic mass is 9.43. The molecule has 10 aromatic rings. The summed E-state index contributed by atoms with van der Waals surface area (Å²) in [5, 5.41) is 4.82. The molecule has 5 aliphatic rings. The fraction of sp³-hybridized carbons (Fsp3) is 0.172. The van der Waals surface area contributed by atoms with Crippen molar-refractivity contribution in [1.29, 1.82) is 0 Å². The molecule has 1 spiro atoms. The Labute approximate surface area is 349 Å². The van der Waals surface area contributed by atoms with Gasteiger partial charge in [0.2, 0.25) is 0 Å². The van der Waals surface area contributed by atoms with E-state index in [2.05, 4.69) is 168 Å². The van der Waals surface area contributed by atoms with Crippen LogP contribution >= 0.6 is 0 Å². The van der Waals surface area contributed by atoms with Crippen LogP contribution in [0.5, 0.6) is 0 Å². The fourth-order valence-corrected chi connectivity index (χ4v) is 13.3. The Morgan fingerprint density at radius 1 is 0.383 bits per heavy atom. The van der Waals surface area contributed by atoms with Gasteiger partial charge in [-0.3, -0.25) is 0 Å². The molecule has 60 heavy (non-hydrogen) atoms. The number of hydrogen-bond acceptors (Lipinski definition) is 1. The largest absolute Gasteiger partial charge is 0.456 e. The van der Waals surface area contributed by atoms with Crippen molar-refractivity contribution < 1.29 is 4.42 Å². The SMILES string of the molecule is c1ccc2c(c1)-c1ccc(-c3ccc(-c4ccc(-n5c6ccccc6c6ccc(-c7ccc8c(c7)oc7ccccc78)cc65)cc4)cc3)cc1C21C2CC3CC(C2)CC1C3. The molecule has 2 nitrogen and oxygen atoms in total. The van der Waals surface area contributed by atoms with Gasteiger partial charge < -0.3 is 8.98 Å². The predicted octanol–water partition coefficient (Wildman–Crippen LogP) is 15.4. The summed E-state index contributed by atoms with van der Waals surface area (Å²) in [6.45, 7) is 0. The van der Waals surface area contributed by atoms with Gasteiger partial charge in [-0.15, -0.1) is 0 Å². The van der Waals surface area contributed by atoms with Gasteiger partial charge in [0.25, 0.3) is 0 Å². The highest BCUT2D eigenvalue weighted by Crippen LogP contribution is 2.69. The number of fused-ring (bicyclic) bond motifs is 9. The number of para-hydroxylation sites is 2. The molecule has 4 fully saturated rings. The van der Waals surface area contributed by atoms with Gasteiger partial charge in [0.15, 0.2) is 0 Å². The molecule has 0 unspecified atom stereocenters. The molecule has 4 saturated carbocycles. The summed E-state index contributed by atoms with van der Waals surface area (Å²) in [7, 11) is 0.